The van der Waals surface area contributed by atoms with Crippen LogP contribution >= 0.6 is 0 Å². The summed E-state index contributed by atoms with van der Waals surface area (Å²) in [6.07, 6.45) is 5.38. The lowest BCUT2D eigenvalue weighted by Crippen LogP contribution is -2.14. The van der Waals surface area contributed by atoms with E-state index in [1.54, 1.807) is 0 Å². The van der Waals surface area contributed by atoms with Crippen LogP contribution in [0.1, 0.15) is 26.2 Å². The van der Waals surface area contributed by atoms with Crippen molar-refractivity contribution in [3.05, 3.63) is 30.6 Å². The minimum absolute atomic E-state index is 0.319. The number of nitrogens with two attached hydrogens (primary N) is 1. The second kappa shape index (κ2) is 5.12. The van der Waals surface area contributed by atoms with Crippen molar-refractivity contribution in [2.45, 2.75) is 38.8 Å². The van der Waals surface area contributed by atoms with Crippen LogP contribution < -0.4 is 5.73 Å². The molecule has 1 heterocycles. The fourth-order valence-electron chi connectivity index (χ4n) is 1.94. The van der Waals surface area contributed by atoms with E-state index in [0.29, 0.717) is 6.04 Å². The topological polar surface area (TPSA) is 43.8 Å². The molecule has 2 rings (SSSR count). The number of aromatic nitrogens is 2. The number of rotatable bonds is 5. The number of benzene rings is 1. The molecule has 0 aliphatic heterocycles. The number of hydrogen-bond donors (Lipinski definition) is 1. The van der Waals surface area contributed by atoms with Crippen molar-refractivity contribution < 1.29 is 0 Å². The summed E-state index contributed by atoms with van der Waals surface area (Å²) >= 11 is 0. The third-order valence-electron chi connectivity index (χ3n) is 2.84. The summed E-state index contributed by atoms with van der Waals surface area (Å²) in [6.45, 7) is 3.10. The van der Waals surface area contributed by atoms with Crippen molar-refractivity contribution in [1.29, 1.82) is 0 Å². The van der Waals surface area contributed by atoms with Crippen molar-refractivity contribution in [3.63, 3.8) is 0 Å². The van der Waals surface area contributed by atoms with Crippen LogP contribution in [0.15, 0.2) is 30.6 Å². The Kier molecular flexibility index (Phi) is 3.57. The molecular weight excluding hydrogens is 198 g/mol. The molecule has 1 aromatic heterocycles. The van der Waals surface area contributed by atoms with Gasteiger partial charge in [0.2, 0.25) is 0 Å². The van der Waals surface area contributed by atoms with E-state index in [1.165, 1.54) is 18.4 Å². The molecule has 0 saturated carbocycles. The summed E-state index contributed by atoms with van der Waals surface area (Å²) in [5.41, 5.74) is 8.03. The van der Waals surface area contributed by atoms with Gasteiger partial charge in [0.05, 0.1) is 17.4 Å². The molecule has 1 unspecified atom stereocenters. The van der Waals surface area contributed by atoms with Gasteiger partial charge in [-0.2, -0.15) is 0 Å². The van der Waals surface area contributed by atoms with Gasteiger partial charge in [0, 0.05) is 12.6 Å². The van der Waals surface area contributed by atoms with E-state index < -0.39 is 0 Å². The molecule has 1 atom stereocenters. The average Bonchev–Trinajstić information content (AvgIpc) is 2.68. The zero-order valence-corrected chi connectivity index (χ0v) is 9.76. The minimum atomic E-state index is 0.319. The van der Waals surface area contributed by atoms with E-state index in [4.69, 9.17) is 5.73 Å². The van der Waals surface area contributed by atoms with Gasteiger partial charge in [-0.15, -0.1) is 0 Å². The lowest BCUT2D eigenvalue weighted by Gasteiger charge is -2.06. The van der Waals surface area contributed by atoms with Crippen LogP contribution in [0.25, 0.3) is 11.0 Å². The predicted molar refractivity (Wildman–Crippen MR) is 67.2 cm³/mol. The van der Waals surface area contributed by atoms with Gasteiger partial charge in [-0.1, -0.05) is 18.6 Å². The van der Waals surface area contributed by atoms with E-state index in [1.807, 2.05) is 18.5 Å². The van der Waals surface area contributed by atoms with Crippen molar-refractivity contribution in [2.24, 2.45) is 5.73 Å². The van der Waals surface area contributed by atoms with Crippen LogP contribution in [0.2, 0.25) is 0 Å². The second-order valence-corrected chi connectivity index (χ2v) is 4.40. The summed E-state index contributed by atoms with van der Waals surface area (Å²) in [7, 11) is 0. The fraction of sp³-hybridized carbons (Fsp3) is 0.462. The van der Waals surface area contributed by atoms with Crippen LogP contribution in [0.3, 0.4) is 0 Å². The molecule has 3 heteroatoms. The highest BCUT2D eigenvalue weighted by molar-refractivity contribution is 5.74. The highest BCUT2D eigenvalue weighted by Crippen LogP contribution is 2.13. The first-order valence-electron chi connectivity index (χ1n) is 5.93. The average molecular weight is 217 g/mol. The van der Waals surface area contributed by atoms with Crippen molar-refractivity contribution in [2.75, 3.05) is 0 Å². The van der Waals surface area contributed by atoms with Gasteiger partial charge in [-0.05, 0) is 31.9 Å². The Morgan fingerprint density at radius 2 is 2.12 bits per heavy atom. The Morgan fingerprint density at radius 3 is 2.94 bits per heavy atom. The molecule has 2 aromatic rings. The number of fused-ring (bicyclic) bond motifs is 1. The zero-order chi connectivity index (χ0) is 11.4. The van der Waals surface area contributed by atoms with E-state index in [9.17, 15) is 0 Å². The van der Waals surface area contributed by atoms with Crippen molar-refractivity contribution >= 4 is 11.0 Å². The lowest BCUT2D eigenvalue weighted by atomic mass is 10.1. The van der Waals surface area contributed by atoms with E-state index >= 15 is 0 Å². The number of hydrogen-bond acceptors (Lipinski definition) is 2. The first-order chi connectivity index (χ1) is 7.77. The van der Waals surface area contributed by atoms with E-state index in [2.05, 4.69) is 28.6 Å². The Hall–Kier alpha value is -1.35. The summed E-state index contributed by atoms with van der Waals surface area (Å²) < 4.78 is 2.22. The smallest absolute Gasteiger partial charge is 0.0958 e. The molecule has 0 fully saturated rings. The van der Waals surface area contributed by atoms with Gasteiger partial charge in [0.15, 0.2) is 0 Å². The summed E-state index contributed by atoms with van der Waals surface area (Å²) in [5, 5.41) is 0. The molecule has 0 amide bonds. The Labute approximate surface area is 96.3 Å². The van der Waals surface area contributed by atoms with Crippen LogP contribution in [0, 0.1) is 0 Å². The van der Waals surface area contributed by atoms with Crippen molar-refractivity contribution in [1.82, 2.24) is 9.55 Å². The standard InChI is InChI=1S/C13H19N3/c1-11(14)6-4-5-9-16-10-15-12-7-2-3-8-13(12)16/h2-3,7-8,10-11H,4-6,9,14H2,1H3. The molecule has 0 spiro atoms. The molecule has 0 aliphatic rings. The third kappa shape index (κ3) is 2.61. The minimum Gasteiger partial charge on any atom is -0.331 e. The normalized spacial score (nSPS) is 13.1. The second-order valence-electron chi connectivity index (χ2n) is 4.40. The van der Waals surface area contributed by atoms with Gasteiger partial charge in [-0.25, -0.2) is 4.98 Å². The number of nitrogens with zero attached hydrogens (tertiary/aromatic N) is 2. The fourth-order valence-corrected chi connectivity index (χ4v) is 1.94. The van der Waals surface area contributed by atoms with Crippen LogP contribution in [0.4, 0.5) is 0 Å². The molecule has 0 aliphatic carbocycles. The monoisotopic (exact) mass is 217 g/mol. The highest BCUT2D eigenvalue weighted by Gasteiger charge is 2.01. The largest absolute Gasteiger partial charge is 0.331 e. The molecule has 3 nitrogen and oxygen atoms in total. The van der Waals surface area contributed by atoms with Crippen LogP contribution in [0.5, 0.6) is 0 Å². The Balaban J connectivity index is 1.94. The number of para-hydroxylation sites is 2. The predicted octanol–water partition coefficient (Wildman–Crippen LogP) is 2.55. The SMILES string of the molecule is CC(N)CCCCn1cnc2ccccc21. The van der Waals surface area contributed by atoms with Crippen LogP contribution in [-0.2, 0) is 6.54 Å². The summed E-state index contributed by atoms with van der Waals surface area (Å²) in [5.74, 6) is 0. The molecule has 0 radical (unpaired) electrons. The molecule has 0 bridgehead atoms. The van der Waals surface area contributed by atoms with E-state index in [-0.39, 0.29) is 0 Å². The Morgan fingerprint density at radius 1 is 1.31 bits per heavy atom. The van der Waals surface area contributed by atoms with Crippen molar-refractivity contribution in [3.8, 4) is 0 Å². The third-order valence-corrected chi connectivity index (χ3v) is 2.84. The summed E-state index contributed by atoms with van der Waals surface area (Å²) in [4.78, 5) is 4.37. The molecule has 2 N–H and O–H groups in total. The number of unbranched alkanes of at least 4 members (excludes halogenated alkanes) is 1. The molecule has 86 valence electrons. The first-order valence-corrected chi connectivity index (χ1v) is 5.93. The Bertz CT molecular complexity index is 445. The molecular formula is C13H19N3. The molecule has 16 heavy (non-hydrogen) atoms. The summed E-state index contributed by atoms with van der Waals surface area (Å²) in [6, 6.07) is 8.57. The maximum atomic E-state index is 5.72. The van der Waals surface area contributed by atoms with Gasteiger partial charge < -0.3 is 10.3 Å². The lowest BCUT2D eigenvalue weighted by molar-refractivity contribution is 0.555. The van der Waals surface area contributed by atoms with Crippen LogP contribution in [-0.4, -0.2) is 15.6 Å². The zero-order valence-electron chi connectivity index (χ0n) is 9.76. The first kappa shape index (κ1) is 11.1. The van der Waals surface area contributed by atoms with Gasteiger partial charge in [0.25, 0.3) is 0 Å². The molecule has 0 saturated heterocycles. The highest BCUT2D eigenvalue weighted by atomic mass is 15.0. The number of aryl methyl sites for hydroxylation is 1. The van der Waals surface area contributed by atoms with Gasteiger partial charge in [-0.3, -0.25) is 0 Å². The van der Waals surface area contributed by atoms with E-state index in [0.717, 1.165) is 18.5 Å². The molecule has 1 aromatic carbocycles. The quantitative estimate of drug-likeness (QED) is 0.782. The maximum Gasteiger partial charge on any atom is 0.0958 e. The number of imidazole rings is 1. The maximum absolute atomic E-state index is 5.72. The van der Waals surface area contributed by atoms with Gasteiger partial charge in [0.1, 0.15) is 0 Å². The van der Waals surface area contributed by atoms with Gasteiger partial charge >= 0.3 is 0 Å².